The van der Waals surface area contributed by atoms with Crippen molar-refractivity contribution >= 4 is 44.8 Å². The molecule has 5 aromatic heterocycles. The number of nitrogens with zero attached hydrogens (tertiary/aromatic N) is 4. The first-order valence-corrected chi connectivity index (χ1v) is 13.9. The maximum Gasteiger partial charge on any atom is 0.267 e. The summed E-state index contributed by atoms with van der Waals surface area (Å²) in [6.45, 7) is 2.06. The molecule has 202 valence electrons. The number of pyridine rings is 3. The molecule has 2 amide bonds. The zero-order chi connectivity index (χ0) is 28.0. The third kappa shape index (κ3) is 4.28. The molecule has 3 N–H and O–H groups in total. The molecule has 10 nitrogen and oxygen atoms in total. The van der Waals surface area contributed by atoms with Gasteiger partial charge < -0.3 is 15.2 Å². The van der Waals surface area contributed by atoms with Gasteiger partial charge in [-0.05, 0) is 67.5 Å². The molecule has 0 saturated heterocycles. The number of rotatable bonds is 5. The smallest absolute Gasteiger partial charge is 0.267 e. The summed E-state index contributed by atoms with van der Waals surface area (Å²) in [5, 5.41) is 15.3. The Kier molecular flexibility index (Phi) is 6.51. The molecule has 11 heteroatoms. The molecule has 40 heavy (non-hydrogen) atoms. The average Bonchev–Trinajstić information content (AvgIpc) is 3.33. The number of aryl methyl sites for hydroxylation is 2. The third-order valence-corrected chi connectivity index (χ3v) is 8.50. The van der Waals surface area contributed by atoms with Crippen LogP contribution in [0.15, 0.2) is 53.7 Å². The fourth-order valence-electron chi connectivity index (χ4n) is 5.29. The summed E-state index contributed by atoms with van der Waals surface area (Å²) in [4.78, 5) is 50.3. The Hall–Kier alpha value is -4.64. The highest BCUT2D eigenvalue weighted by Crippen LogP contribution is 2.38. The summed E-state index contributed by atoms with van der Waals surface area (Å²) >= 11 is 1.40. The number of carbonyl (C=O) groups excluding carboxylic acids is 2. The second kappa shape index (κ2) is 10.2. The molecule has 0 bridgehead atoms. The lowest BCUT2D eigenvalue weighted by Gasteiger charge is -2.15. The molecule has 0 spiro atoms. The fourth-order valence-corrected chi connectivity index (χ4v) is 6.57. The van der Waals surface area contributed by atoms with E-state index in [2.05, 4.69) is 15.6 Å². The second-order valence-corrected chi connectivity index (χ2v) is 10.9. The van der Waals surface area contributed by atoms with Crippen molar-refractivity contribution in [1.82, 2.24) is 24.3 Å². The van der Waals surface area contributed by atoms with Crippen LogP contribution in [0.3, 0.4) is 0 Å². The molecule has 0 radical (unpaired) electrons. The van der Waals surface area contributed by atoms with E-state index in [1.165, 1.54) is 21.8 Å². The maximum absolute atomic E-state index is 13.8. The minimum atomic E-state index is -0.565. The van der Waals surface area contributed by atoms with Gasteiger partial charge >= 0.3 is 0 Å². The van der Waals surface area contributed by atoms with E-state index in [1.807, 2.05) is 19.1 Å². The molecule has 5 aromatic rings. The number of amides is 2. The Morgan fingerprint density at radius 2 is 1.95 bits per heavy atom. The van der Waals surface area contributed by atoms with Crippen LogP contribution in [0.5, 0.6) is 0 Å². The fraction of sp³-hybridized carbons (Fsp3) is 0.241. The van der Waals surface area contributed by atoms with Gasteiger partial charge in [-0.25, -0.2) is 4.98 Å². The van der Waals surface area contributed by atoms with Gasteiger partial charge in [0.05, 0.1) is 23.1 Å². The molecule has 0 aromatic carbocycles. The van der Waals surface area contributed by atoms with Crippen LogP contribution in [0.25, 0.3) is 16.7 Å². The molecule has 0 atom stereocenters. The van der Waals surface area contributed by atoms with Gasteiger partial charge in [-0.2, -0.15) is 0 Å². The monoisotopic (exact) mass is 553 g/mol. The van der Waals surface area contributed by atoms with Crippen molar-refractivity contribution in [2.75, 3.05) is 12.4 Å². The summed E-state index contributed by atoms with van der Waals surface area (Å²) in [7, 11) is 1.57. The number of thiophene rings is 1. The van der Waals surface area contributed by atoms with Crippen molar-refractivity contribution in [3.05, 3.63) is 97.5 Å². The topological polar surface area (TPSA) is 134 Å². The highest BCUT2D eigenvalue weighted by molar-refractivity contribution is 7.17. The Morgan fingerprint density at radius 1 is 1.12 bits per heavy atom. The zero-order valence-electron chi connectivity index (χ0n) is 22.1. The van der Waals surface area contributed by atoms with Gasteiger partial charge in [0.1, 0.15) is 21.8 Å². The SMILES string of the molecule is CNC(=O)c1c(NC(=O)c2cc3c(=O)n4cccc(C)c4nc3n(Cc3cccnc3)c2=N)sc2c1CCCC2. The predicted octanol–water partition coefficient (Wildman–Crippen LogP) is 3.43. The quantitative estimate of drug-likeness (QED) is 0.287. The van der Waals surface area contributed by atoms with Crippen molar-refractivity contribution in [2.45, 2.75) is 39.2 Å². The van der Waals surface area contributed by atoms with Gasteiger partial charge in [0, 0.05) is 30.5 Å². The Balaban J connectivity index is 1.54. The minimum absolute atomic E-state index is 0.0112. The highest BCUT2D eigenvalue weighted by Gasteiger charge is 2.27. The molecular formula is C29H27N7O3S. The molecule has 1 aliphatic rings. The van der Waals surface area contributed by atoms with Crippen molar-refractivity contribution in [1.29, 1.82) is 5.41 Å². The number of nitrogens with one attached hydrogen (secondary N) is 3. The molecular weight excluding hydrogens is 526 g/mol. The summed E-state index contributed by atoms with van der Waals surface area (Å²) in [6.07, 6.45) is 8.64. The number of fused-ring (bicyclic) bond motifs is 3. The number of hydrogen-bond acceptors (Lipinski definition) is 7. The number of carbonyl (C=O) groups is 2. The minimum Gasteiger partial charge on any atom is -0.355 e. The normalized spacial score (nSPS) is 12.8. The lowest BCUT2D eigenvalue weighted by molar-refractivity contribution is 0.0963. The highest BCUT2D eigenvalue weighted by atomic mass is 32.1. The second-order valence-electron chi connectivity index (χ2n) is 9.84. The predicted molar refractivity (Wildman–Crippen MR) is 153 cm³/mol. The van der Waals surface area contributed by atoms with Crippen LogP contribution in [0.4, 0.5) is 5.00 Å². The van der Waals surface area contributed by atoms with E-state index in [1.54, 1.807) is 42.3 Å². The van der Waals surface area contributed by atoms with Crippen LogP contribution in [0, 0.1) is 12.3 Å². The van der Waals surface area contributed by atoms with E-state index >= 15 is 0 Å². The van der Waals surface area contributed by atoms with Crippen LogP contribution >= 0.6 is 11.3 Å². The van der Waals surface area contributed by atoms with Crippen molar-refractivity contribution < 1.29 is 9.59 Å². The van der Waals surface area contributed by atoms with Gasteiger partial charge in [-0.1, -0.05) is 12.1 Å². The molecule has 1 aliphatic carbocycles. The molecule has 6 rings (SSSR count). The third-order valence-electron chi connectivity index (χ3n) is 7.29. The zero-order valence-corrected chi connectivity index (χ0v) is 22.9. The van der Waals surface area contributed by atoms with E-state index in [0.717, 1.165) is 47.3 Å². The molecule has 0 fully saturated rings. The first kappa shape index (κ1) is 25.6. The summed E-state index contributed by atoms with van der Waals surface area (Å²) in [5.74, 6) is -0.820. The standard InChI is InChI=1S/C29H27N7O3S/c1-16-7-6-12-35-24(16)33-25-20(29(35)39)13-19(23(30)36(25)15-17-8-5-11-32-14-17)26(37)34-28-22(27(38)31-2)18-9-3-4-10-21(18)40-28/h5-8,11-14,30H,3-4,9-10,15H2,1-2H3,(H,31,38)(H,34,37). The van der Waals surface area contributed by atoms with Gasteiger partial charge in [0.25, 0.3) is 17.4 Å². The van der Waals surface area contributed by atoms with Gasteiger partial charge in [-0.3, -0.25) is 29.2 Å². The van der Waals surface area contributed by atoms with Gasteiger partial charge in [-0.15, -0.1) is 11.3 Å². The van der Waals surface area contributed by atoms with E-state index in [4.69, 9.17) is 10.4 Å². The number of anilines is 1. The lowest BCUT2D eigenvalue weighted by atomic mass is 9.95. The van der Waals surface area contributed by atoms with Crippen molar-refractivity contribution in [3.63, 3.8) is 0 Å². The van der Waals surface area contributed by atoms with E-state index in [9.17, 15) is 14.4 Å². The van der Waals surface area contributed by atoms with Crippen LogP contribution < -0.4 is 21.7 Å². The molecule has 5 heterocycles. The Morgan fingerprint density at radius 3 is 2.73 bits per heavy atom. The van der Waals surface area contributed by atoms with Crippen molar-refractivity contribution in [2.24, 2.45) is 0 Å². The first-order valence-electron chi connectivity index (χ1n) is 13.0. The summed E-state index contributed by atoms with van der Waals surface area (Å²) in [5.41, 5.74) is 3.43. The van der Waals surface area contributed by atoms with Crippen LogP contribution in [-0.4, -0.2) is 37.8 Å². The van der Waals surface area contributed by atoms with Crippen LogP contribution in [0.2, 0.25) is 0 Å². The van der Waals surface area contributed by atoms with E-state index in [0.29, 0.717) is 21.9 Å². The summed E-state index contributed by atoms with van der Waals surface area (Å²) < 4.78 is 3.02. The van der Waals surface area contributed by atoms with E-state index in [-0.39, 0.29) is 34.4 Å². The van der Waals surface area contributed by atoms with E-state index < -0.39 is 5.91 Å². The summed E-state index contributed by atoms with van der Waals surface area (Å²) in [6, 6.07) is 8.73. The molecule has 0 unspecified atom stereocenters. The number of hydrogen-bond donors (Lipinski definition) is 3. The van der Waals surface area contributed by atoms with Crippen LogP contribution in [0.1, 0.15) is 55.1 Å². The van der Waals surface area contributed by atoms with Crippen LogP contribution in [-0.2, 0) is 19.4 Å². The van der Waals surface area contributed by atoms with Gasteiger partial charge in [0.2, 0.25) is 0 Å². The Bertz CT molecular complexity index is 1940. The van der Waals surface area contributed by atoms with Gasteiger partial charge in [0.15, 0.2) is 0 Å². The lowest BCUT2D eigenvalue weighted by Crippen LogP contribution is -2.32. The molecule has 0 saturated carbocycles. The number of aromatic nitrogens is 4. The molecule has 0 aliphatic heterocycles. The average molecular weight is 554 g/mol. The Labute approximate surface area is 232 Å². The maximum atomic E-state index is 13.8. The van der Waals surface area contributed by atoms with Crippen molar-refractivity contribution in [3.8, 4) is 0 Å². The first-order chi connectivity index (χ1) is 19.4. The largest absolute Gasteiger partial charge is 0.355 e.